The number of rotatable bonds is 12. The van der Waals surface area contributed by atoms with E-state index in [-0.39, 0.29) is 20.4 Å². The molecule has 0 aliphatic rings. The van der Waals surface area contributed by atoms with Crippen LogP contribution in [-0.4, -0.2) is 61.7 Å². The van der Waals surface area contributed by atoms with Gasteiger partial charge >= 0.3 is 106 Å². The summed E-state index contributed by atoms with van der Waals surface area (Å²) in [6, 6.07) is 0. The first kappa shape index (κ1) is 16.6. The fourth-order valence-electron chi connectivity index (χ4n) is 0.603. The summed E-state index contributed by atoms with van der Waals surface area (Å²) < 4.78 is 31.2. The molecular weight excluding hydrogens is 326 g/mol. The van der Waals surface area contributed by atoms with Gasteiger partial charge in [0.25, 0.3) is 0 Å². The molecule has 0 saturated heterocycles. The number of hydrogen-bond donors (Lipinski definition) is 0. The van der Waals surface area contributed by atoms with Gasteiger partial charge in [-0.2, -0.15) is 0 Å². The first-order valence-corrected chi connectivity index (χ1v) is 8.39. The molecule has 98 valence electrons. The Kier molecular flexibility index (Phi) is 14.1. The molecular formula is C9H21O6Sb. The van der Waals surface area contributed by atoms with Crippen molar-refractivity contribution >= 4 is 21.5 Å². The zero-order chi connectivity index (χ0) is 12.1. The van der Waals surface area contributed by atoms with Crippen LogP contribution in [-0.2, 0) is 23.3 Å². The van der Waals surface area contributed by atoms with E-state index in [1.807, 2.05) is 20.8 Å². The Bertz CT molecular complexity index is 113. The minimum atomic E-state index is -2.64. The normalized spacial score (nSPS) is 11.2. The predicted octanol–water partition coefficient (Wildman–Crippen LogP) is 1.00. The molecule has 0 aliphatic heterocycles. The third-order valence-corrected chi connectivity index (χ3v) is 4.04. The Hall–Kier alpha value is 0.578. The Morgan fingerprint density at radius 2 is 0.938 bits per heavy atom. The van der Waals surface area contributed by atoms with Crippen molar-refractivity contribution in [2.24, 2.45) is 0 Å². The second-order valence-electron chi connectivity index (χ2n) is 2.44. The molecule has 0 unspecified atom stereocenters. The van der Waals surface area contributed by atoms with Crippen molar-refractivity contribution in [3.05, 3.63) is 0 Å². The van der Waals surface area contributed by atoms with Gasteiger partial charge in [-0.05, 0) is 0 Å². The van der Waals surface area contributed by atoms with E-state index in [9.17, 15) is 0 Å². The molecule has 0 aliphatic carbocycles. The van der Waals surface area contributed by atoms with Crippen LogP contribution in [0.1, 0.15) is 20.8 Å². The average molecular weight is 347 g/mol. The molecule has 0 atom stereocenters. The summed E-state index contributed by atoms with van der Waals surface area (Å²) >= 11 is -2.64. The molecule has 0 N–H and O–H groups in total. The van der Waals surface area contributed by atoms with Crippen molar-refractivity contribution < 1.29 is 23.3 Å². The van der Waals surface area contributed by atoms with Crippen molar-refractivity contribution in [3.63, 3.8) is 0 Å². The third-order valence-electron chi connectivity index (χ3n) is 1.34. The van der Waals surface area contributed by atoms with E-state index in [2.05, 4.69) is 0 Å². The van der Waals surface area contributed by atoms with Crippen LogP contribution >= 0.6 is 0 Å². The first-order valence-electron chi connectivity index (χ1n) is 5.27. The van der Waals surface area contributed by atoms with Gasteiger partial charge in [-0.1, -0.05) is 0 Å². The van der Waals surface area contributed by atoms with Gasteiger partial charge in [-0.25, -0.2) is 0 Å². The summed E-state index contributed by atoms with van der Waals surface area (Å²) in [7, 11) is 0. The van der Waals surface area contributed by atoms with E-state index in [1.165, 1.54) is 0 Å². The number of hydrogen-bond acceptors (Lipinski definition) is 6. The molecule has 0 amide bonds. The Morgan fingerprint density at radius 3 is 1.19 bits per heavy atom. The van der Waals surface area contributed by atoms with E-state index >= 15 is 0 Å². The molecule has 16 heavy (non-hydrogen) atoms. The topological polar surface area (TPSA) is 55.4 Å². The Labute approximate surface area is 106 Å². The summed E-state index contributed by atoms with van der Waals surface area (Å²) in [5, 5.41) is 0. The van der Waals surface area contributed by atoms with E-state index < -0.39 is 21.5 Å². The molecule has 0 radical (unpaired) electrons. The van der Waals surface area contributed by atoms with Gasteiger partial charge in [0, 0.05) is 0 Å². The molecule has 0 bridgehead atoms. The Balaban J connectivity index is 3.58. The summed E-state index contributed by atoms with van der Waals surface area (Å²) in [6.07, 6.45) is 0. The van der Waals surface area contributed by atoms with Gasteiger partial charge in [0.1, 0.15) is 0 Å². The summed E-state index contributed by atoms with van der Waals surface area (Å²) in [5.74, 6) is 0. The quantitative estimate of drug-likeness (QED) is 0.298. The third kappa shape index (κ3) is 11.1. The van der Waals surface area contributed by atoms with Gasteiger partial charge in [0.05, 0.1) is 0 Å². The molecule has 0 saturated carbocycles. The van der Waals surface area contributed by atoms with Crippen LogP contribution < -0.4 is 0 Å². The Morgan fingerprint density at radius 1 is 0.625 bits per heavy atom. The maximum absolute atomic E-state index is 5.33. The molecule has 0 spiro atoms. The first-order chi connectivity index (χ1) is 7.85. The van der Waals surface area contributed by atoms with Crippen molar-refractivity contribution in [1.82, 2.24) is 0 Å². The van der Waals surface area contributed by atoms with Gasteiger partial charge < -0.3 is 0 Å². The second kappa shape index (κ2) is 13.6. The van der Waals surface area contributed by atoms with Gasteiger partial charge in [0.2, 0.25) is 0 Å². The molecule has 0 fully saturated rings. The van der Waals surface area contributed by atoms with Crippen molar-refractivity contribution in [2.75, 3.05) is 40.2 Å². The van der Waals surface area contributed by atoms with Crippen LogP contribution in [0.3, 0.4) is 0 Å². The van der Waals surface area contributed by atoms with E-state index in [0.717, 1.165) is 0 Å². The van der Waals surface area contributed by atoms with Crippen LogP contribution in [0, 0.1) is 0 Å². The van der Waals surface area contributed by atoms with Gasteiger partial charge in [0.15, 0.2) is 0 Å². The standard InChI is InChI=1S/3C3H7O2.Sb/c3*1-2-5-3-4;/h3*2-3H2,1H3;/q3*-1;+3. The van der Waals surface area contributed by atoms with E-state index in [1.54, 1.807) is 0 Å². The second-order valence-corrected chi connectivity index (χ2v) is 5.93. The van der Waals surface area contributed by atoms with Crippen molar-refractivity contribution in [3.8, 4) is 0 Å². The molecule has 6 nitrogen and oxygen atoms in total. The monoisotopic (exact) mass is 346 g/mol. The maximum atomic E-state index is 5.33. The molecule has 0 rings (SSSR count). The average Bonchev–Trinajstić information content (AvgIpc) is 2.29. The van der Waals surface area contributed by atoms with E-state index in [0.29, 0.717) is 19.8 Å². The van der Waals surface area contributed by atoms with Crippen molar-refractivity contribution in [1.29, 1.82) is 0 Å². The summed E-state index contributed by atoms with van der Waals surface area (Å²) in [6.45, 7) is 8.07. The van der Waals surface area contributed by atoms with E-state index in [4.69, 9.17) is 23.3 Å². The van der Waals surface area contributed by atoms with Crippen molar-refractivity contribution in [2.45, 2.75) is 20.8 Å². The van der Waals surface area contributed by atoms with Crippen LogP contribution in [0.25, 0.3) is 0 Å². The van der Waals surface area contributed by atoms with Crippen LogP contribution in [0.5, 0.6) is 0 Å². The van der Waals surface area contributed by atoms with Gasteiger partial charge in [-0.15, -0.1) is 0 Å². The molecule has 0 aromatic carbocycles. The van der Waals surface area contributed by atoms with Crippen LogP contribution in [0.2, 0.25) is 0 Å². The predicted molar refractivity (Wildman–Crippen MR) is 58.5 cm³/mol. The number of ether oxygens (including phenoxy) is 3. The van der Waals surface area contributed by atoms with Gasteiger partial charge in [-0.3, -0.25) is 0 Å². The molecule has 0 aromatic heterocycles. The zero-order valence-electron chi connectivity index (χ0n) is 10.1. The fraction of sp³-hybridized carbons (Fsp3) is 1.00. The zero-order valence-corrected chi connectivity index (χ0v) is 12.7. The summed E-state index contributed by atoms with van der Waals surface area (Å²) in [5.41, 5.74) is 0. The van der Waals surface area contributed by atoms with Crippen LogP contribution in [0.4, 0.5) is 0 Å². The SMILES string of the molecule is CCOC[O][Sb]([O]COCC)[O]COCC. The molecule has 0 aromatic rings. The molecule has 7 heteroatoms. The molecule has 0 heterocycles. The minimum absolute atomic E-state index is 0.192. The van der Waals surface area contributed by atoms with Crippen LogP contribution in [0.15, 0.2) is 0 Å². The fourth-order valence-corrected chi connectivity index (χ4v) is 2.62. The summed E-state index contributed by atoms with van der Waals surface area (Å²) in [4.78, 5) is 0.